The number of aromatic nitrogens is 2. The van der Waals surface area contributed by atoms with Crippen LogP contribution in [0.2, 0.25) is 0 Å². The summed E-state index contributed by atoms with van der Waals surface area (Å²) in [5, 5.41) is 21.8. The first-order chi connectivity index (χ1) is 19.5. The average Bonchev–Trinajstić information content (AvgIpc) is 2.98. The van der Waals surface area contributed by atoms with Gasteiger partial charge in [0, 0.05) is 31.1 Å². The van der Waals surface area contributed by atoms with Crippen LogP contribution in [0.1, 0.15) is 36.0 Å². The summed E-state index contributed by atoms with van der Waals surface area (Å²) in [6.07, 6.45) is 4.13. The SMILES string of the molecule is N=C(c1ccc(Oc2ccccc2)cc1)c1c(N)ncnc1NC1CCCN(C(=O)CCc2ccc(O)cc2)C1. The number of amides is 1. The predicted octanol–water partition coefficient (Wildman–Crippen LogP) is 5.01. The standard InChI is InChI=1S/C31H32N6O3/c32-29(22-11-15-26(16-12-22)40-25-6-2-1-3-7-25)28-30(33)34-20-35-31(28)36-23-5-4-18-37(19-23)27(39)17-10-21-8-13-24(38)14-9-21/h1-3,6-9,11-16,20,23,32,38H,4-5,10,17-19H2,(H3,33,34,35,36). The molecule has 1 atom stereocenters. The van der Waals surface area contributed by atoms with Crippen molar-refractivity contribution in [2.24, 2.45) is 0 Å². The van der Waals surface area contributed by atoms with Crippen molar-refractivity contribution in [3.8, 4) is 17.2 Å². The summed E-state index contributed by atoms with van der Waals surface area (Å²) >= 11 is 0. The van der Waals surface area contributed by atoms with Crippen molar-refractivity contribution >= 4 is 23.3 Å². The minimum Gasteiger partial charge on any atom is -0.508 e. The highest BCUT2D eigenvalue weighted by molar-refractivity contribution is 6.16. The van der Waals surface area contributed by atoms with E-state index in [0.717, 1.165) is 24.2 Å². The van der Waals surface area contributed by atoms with Gasteiger partial charge in [0.05, 0.1) is 11.3 Å². The van der Waals surface area contributed by atoms with Crippen LogP contribution in [0.4, 0.5) is 11.6 Å². The van der Waals surface area contributed by atoms with Crippen LogP contribution in [0.15, 0.2) is 85.2 Å². The van der Waals surface area contributed by atoms with Gasteiger partial charge < -0.3 is 25.8 Å². The number of likely N-dealkylation sites (tertiary alicyclic amines) is 1. The molecule has 0 radical (unpaired) electrons. The van der Waals surface area contributed by atoms with E-state index < -0.39 is 0 Å². The van der Waals surface area contributed by atoms with Crippen molar-refractivity contribution < 1.29 is 14.6 Å². The van der Waals surface area contributed by atoms with E-state index in [9.17, 15) is 9.90 Å². The molecular formula is C31H32N6O3. The number of nitrogens with zero attached hydrogens (tertiary/aromatic N) is 3. The first kappa shape index (κ1) is 26.7. The zero-order chi connectivity index (χ0) is 27.9. The van der Waals surface area contributed by atoms with E-state index in [1.54, 1.807) is 12.1 Å². The number of hydrogen-bond donors (Lipinski definition) is 4. The van der Waals surface area contributed by atoms with Crippen LogP contribution in [-0.4, -0.2) is 50.7 Å². The maximum absolute atomic E-state index is 13.0. The fraction of sp³-hybridized carbons (Fsp3) is 0.226. The molecule has 0 bridgehead atoms. The zero-order valence-electron chi connectivity index (χ0n) is 22.1. The molecule has 1 fully saturated rings. The lowest BCUT2D eigenvalue weighted by Gasteiger charge is -2.34. The van der Waals surface area contributed by atoms with Gasteiger partial charge in [0.2, 0.25) is 5.91 Å². The van der Waals surface area contributed by atoms with E-state index in [2.05, 4.69) is 15.3 Å². The largest absolute Gasteiger partial charge is 0.508 e. The molecule has 3 aromatic carbocycles. The third-order valence-electron chi connectivity index (χ3n) is 6.93. The van der Waals surface area contributed by atoms with Crippen molar-refractivity contribution in [2.75, 3.05) is 24.1 Å². The fourth-order valence-corrected chi connectivity index (χ4v) is 4.80. The number of para-hydroxylation sites is 1. The first-order valence-corrected chi connectivity index (χ1v) is 13.3. The Morgan fingerprint density at radius 2 is 1.75 bits per heavy atom. The lowest BCUT2D eigenvalue weighted by atomic mass is 10.0. The van der Waals surface area contributed by atoms with Crippen molar-refractivity contribution in [3.05, 3.63) is 102 Å². The minimum atomic E-state index is -0.0335. The summed E-state index contributed by atoms with van der Waals surface area (Å²) in [4.78, 5) is 23.4. The van der Waals surface area contributed by atoms with E-state index in [1.165, 1.54) is 6.33 Å². The molecule has 1 aliphatic heterocycles. The molecule has 0 saturated carbocycles. The van der Waals surface area contributed by atoms with Crippen molar-refractivity contribution in [1.29, 1.82) is 5.41 Å². The van der Waals surface area contributed by atoms with Crippen molar-refractivity contribution in [2.45, 2.75) is 31.7 Å². The number of carbonyl (C=O) groups excluding carboxylic acids is 1. The van der Waals surface area contributed by atoms with E-state index in [4.69, 9.17) is 15.9 Å². The maximum Gasteiger partial charge on any atom is 0.222 e. The number of benzene rings is 3. The minimum absolute atomic E-state index is 0.0335. The van der Waals surface area contributed by atoms with Gasteiger partial charge in [-0.3, -0.25) is 10.2 Å². The number of phenolic OH excluding ortho intramolecular Hbond substituents is 1. The van der Waals surface area contributed by atoms with Crippen LogP contribution in [0, 0.1) is 5.41 Å². The van der Waals surface area contributed by atoms with Crippen LogP contribution in [0.25, 0.3) is 0 Å². The van der Waals surface area contributed by atoms with E-state index in [-0.39, 0.29) is 29.2 Å². The molecule has 1 unspecified atom stereocenters. The van der Waals surface area contributed by atoms with Gasteiger partial charge in [-0.05, 0) is 73.4 Å². The van der Waals surface area contributed by atoms with Gasteiger partial charge in [-0.25, -0.2) is 9.97 Å². The highest BCUT2D eigenvalue weighted by Crippen LogP contribution is 2.27. The number of nitrogen functional groups attached to an aromatic ring is 1. The molecule has 0 spiro atoms. The highest BCUT2D eigenvalue weighted by atomic mass is 16.5. The van der Waals surface area contributed by atoms with Crippen molar-refractivity contribution in [1.82, 2.24) is 14.9 Å². The number of ether oxygens (including phenoxy) is 1. The predicted molar refractivity (Wildman–Crippen MR) is 155 cm³/mol. The third-order valence-corrected chi connectivity index (χ3v) is 6.93. The van der Waals surface area contributed by atoms with Gasteiger partial charge >= 0.3 is 0 Å². The van der Waals surface area contributed by atoms with Gasteiger partial charge in [0.1, 0.15) is 35.2 Å². The smallest absolute Gasteiger partial charge is 0.222 e. The molecule has 0 aliphatic carbocycles. The summed E-state index contributed by atoms with van der Waals surface area (Å²) in [7, 11) is 0. The quantitative estimate of drug-likeness (QED) is 0.221. The number of phenols is 1. The van der Waals surface area contributed by atoms with Gasteiger partial charge in [-0.15, -0.1) is 0 Å². The van der Waals surface area contributed by atoms with E-state index in [0.29, 0.717) is 48.6 Å². The second kappa shape index (κ2) is 12.3. The number of hydrogen-bond acceptors (Lipinski definition) is 8. The van der Waals surface area contributed by atoms with Crippen LogP contribution in [0.3, 0.4) is 0 Å². The van der Waals surface area contributed by atoms with Crippen LogP contribution in [-0.2, 0) is 11.2 Å². The van der Waals surface area contributed by atoms with E-state index >= 15 is 0 Å². The van der Waals surface area contributed by atoms with Crippen LogP contribution in [0.5, 0.6) is 17.2 Å². The van der Waals surface area contributed by atoms with Gasteiger partial charge in [-0.1, -0.05) is 30.3 Å². The molecule has 4 aromatic rings. The Hall–Kier alpha value is -4.92. The molecule has 1 amide bonds. The number of aromatic hydroxyl groups is 1. The molecule has 1 aromatic heterocycles. The van der Waals surface area contributed by atoms with Gasteiger partial charge in [0.15, 0.2) is 0 Å². The number of anilines is 2. The second-order valence-electron chi connectivity index (χ2n) is 9.79. The number of piperidine rings is 1. The molecule has 1 aliphatic rings. The summed E-state index contributed by atoms with van der Waals surface area (Å²) in [5.74, 6) is 2.39. The normalized spacial score (nSPS) is 14.9. The number of nitrogens with two attached hydrogens (primary N) is 1. The monoisotopic (exact) mass is 536 g/mol. The fourth-order valence-electron chi connectivity index (χ4n) is 4.80. The number of aryl methyl sites for hydroxylation is 1. The molecule has 1 saturated heterocycles. The molecule has 40 heavy (non-hydrogen) atoms. The number of rotatable bonds is 9. The second-order valence-corrected chi connectivity index (χ2v) is 9.79. The average molecular weight is 537 g/mol. The Bertz CT molecular complexity index is 1460. The Morgan fingerprint density at radius 1 is 1.02 bits per heavy atom. The molecule has 9 nitrogen and oxygen atoms in total. The van der Waals surface area contributed by atoms with Gasteiger partial charge in [-0.2, -0.15) is 0 Å². The molecule has 5 N–H and O–H groups in total. The third kappa shape index (κ3) is 6.55. The molecular weight excluding hydrogens is 504 g/mol. The van der Waals surface area contributed by atoms with Crippen molar-refractivity contribution in [3.63, 3.8) is 0 Å². The molecule has 5 rings (SSSR count). The van der Waals surface area contributed by atoms with Gasteiger partial charge in [0.25, 0.3) is 0 Å². The maximum atomic E-state index is 13.0. The summed E-state index contributed by atoms with van der Waals surface area (Å²) in [6, 6.07) is 23.7. The summed E-state index contributed by atoms with van der Waals surface area (Å²) < 4.78 is 5.87. The lowest BCUT2D eigenvalue weighted by Crippen LogP contribution is -2.45. The summed E-state index contributed by atoms with van der Waals surface area (Å²) in [5.41, 5.74) is 8.53. The topological polar surface area (TPSA) is 137 Å². The zero-order valence-corrected chi connectivity index (χ0v) is 22.1. The first-order valence-electron chi connectivity index (χ1n) is 13.3. The Morgan fingerprint density at radius 3 is 2.50 bits per heavy atom. The molecule has 2 heterocycles. The van der Waals surface area contributed by atoms with Crippen LogP contribution < -0.4 is 15.8 Å². The van der Waals surface area contributed by atoms with E-state index in [1.807, 2.05) is 71.6 Å². The highest BCUT2D eigenvalue weighted by Gasteiger charge is 2.26. The molecule has 204 valence electrons. The summed E-state index contributed by atoms with van der Waals surface area (Å²) in [6.45, 7) is 1.25. The Labute approximate surface area is 233 Å². The van der Waals surface area contributed by atoms with Crippen LogP contribution >= 0.6 is 0 Å². The Kier molecular flexibility index (Phi) is 8.20. The Balaban J connectivity index is 1.24. The lowest BCUT2D eigenvalue weighted by molar-refractivity contribution is -0.132. The molecule has 9 heteroatoms. The number of nitrogens with one attached hydrogen (secondary N) is 2. The number of carbonyl (C=O) groups is 1.